The van der Waals surface area contributed by atoms with Gasteiger partial charge in [-0.15, -0.1) is 0 Å². The summed E-state index contributed by atoms with van der Waals surface area (Å²) < 4.78 is 1.26. The summed E-state index contributed by atoms with van der Waals surface area (Å²) in [5.74, 6) is -1.06. The van der Waals surface area contributed by atoms with Gasteiger partial charge < -0.3 is 15.5 Å². The highest BCUT2D eigenvalue weighted by molar-refractivity contribution is 6.05. The smallest absolute Gasteiger partial charge is 0.279 e. The van der Waals surface area contributed by atoms with Crippen LogP contribution in [0.1, 0.15) is 18.9 Å². The fourth-order valence-corrected chi connectivity index (χ4v) is 3.67. The SMILES string of the molecule is C[C@@H](/C=C/CCO)[C@]1(O)C(=O)Nc2ccc(-n3ncc4ccccc4c3=O)cc21. The molecule has 3 N–H and O–H groups in total. The number of carbonyl (C=O) groups is 1. The second-order valence-corrected chi connectivity index (χ2v) is 7.13. The zero-order chi connectivity index (χ0) is 20.6. The Bertz CT molecular complexity index is 1180. The predicted molar refractivity (Wildman–Crippen MR) is 110 cm³/mol. The normalized spacial score (nSPS) is 19.5. The molecule has 1 aliphatic rings. The second-order valence-electron chi connectivity index (χ2n) is 7.13. The van der Waals surface area contributed by atoms with Gasteiger partial charge in [-0.3, -0.25) is 9.59 Å². The Kier molecular flexibility index (Phi) is 4.77. The molecule has 3 aromatic rings. The van der Waals surface area contributed by atoms with Gasteiger partial charge in [0.2, 0.25) is 0 Å². The van der Waals surface area contributed by atoms with E-state index < -0.39 is 17.4 Å². The number of benzene rings is 2. The van der Waals surface area contributed by atoms with Crippen molar-refractivity contribution in [3.8, 4) is 5.69 Å². The maximum Gasteiger partial charge on any atom is 0.279 e. The van der Waals surface area contributed by atoms with Crippen molar-refractivity contribution in [2.75, 3.05) is 11.9 Å². The van der Waals surface area contributed by atoms with Gasteiger partial charge in [-0.05, 0) is 30.7 Å². The molecular weight excluding hydrogens is 370 g/mol. The van der Waals surface area contributed by atoms with Crippen molar-refractivity contribution in [3.05, 3.63) is 76.7 Å². The number of fused-ring (bicyclic) bond motifs is 2. The van der Waals surface area contributed by atoms with Gasteiger partial charge in [-0.2, -0.15) is 9.78 Å². The number of hydrogen-bond donors (Lipinski definition) is 3. The van der Waals surface area contributed by atoms with Crippen LogP contribution in [0.2, 0.25) is 0 Å². The van der Waals surface area contributed by atoms with E-state index in [9.17, 15) is 14.7 Å². The molecule has 0 spiro atoms. The molecule has 7 heteroatoms. The summed E-state index contributed by atoms with van der Waals surface area (Å²) >= 11 is 0. The summed E-state index contributed by atoms with van der Waals surface area (Å²) in [6.07, 6.45) is 5.48. The van der Waals surface area contributed by atoms with Crippen LogP contribution in [-0.2, 0) is 10.4 Å². The summed E-state index contributed by atoms with van der Waals surface area (Å²) in [5, 5.41) is 28.4. The van der Waals surface area contributed by atoms with Crippen LogP contribution in [-0.4, -0.2) is 32.5 Å². The van der Waals surface area contributed by atoms with Gasteiger partial charge in [-0.1, -0.05) is 37.3 Å². The van der Waals surface area contributed by atoms with Crippen molar-refractivity contribution in [1.82, 2.24) is 9.78 Å². The van der Waals surface area contributed by atoms with E-state index in [1.165, 1.54) is 4.68 Å². The summed E-state index contributed by atoms with van der Waals surface area (Å²) in [6.45, 7) is 1.72. The van der Waals surface area contributed by atoms with Crippen LogP contribution in [0, 0.1) is 5.92 Å². The van der Waals surface area contributed by atoms with Crippen molar-refractivity contribution < 1.29 is 15.0 Å². The van der Waals surface area contributed by atoms with Crippen LogP contribution in [0.25, 0.3) is 16.5 Å². The van der Waals surface area contributed by atoms with Gasteiger partial charge in [0.1, 0.15) is 0 Å². The number of rotatable bonds is 5. The summed E-state index contributed by atoms with van der Waals surface area (Å²) in [7, 11) is 0. The molecule has 0 aliphatic carbocycles. The number of nitrogens with zero attached hydrogens (tertiary/aromatic N) is 2. The number of carbonyl (C=O) groups excluding carboxylic acids is 1. The predicted octanol–water partition coefficient (Wildman–Crippen LogP) is 2.10. The Morgan fingerprint density at radius 1 is 1.24 bits per heavy atom. The lowest BCUT2D eigenvalue weighted by atomic mass is 9.82. The topological polar surface area (TPSA) is 104 Å². The van der Waals surface area contributed by atoms with Crippen LogP contribution in [0.15, 0.2) is 65.6 Å². The fourth-order valence-electron chi connectivity index (χ4n) is 3.67. The molecule has 7 nitrogen and oxygen atoms in total. The average molecular weight is 391 g/mol. The van der Waals surface area contributed by atoms with E-state index in [2.05, 4.69) is 10.4 Å². The number of hydrogen-bond acceptors (Lipinski definition) is 5. The molecule has 0 radical (unpaired) electrons. The molecule has 2 heterocycles. The number of nitrogens with one attached hydrogen (secondary N) is 1. The van der Waals surface area contributed by atoms with Gasteiger partial charge in [-0.25, -0.2) is 0 Å². The van der Waals surface area contributed by atoms with E-state index in [1.807, 2.05) is 12.1 Å². The van der Waals surface area contributed by atoms with E-state index in [0.29, 0.717) is 28.7 Å². The average Bonchev–Trinajstić information content (AvgIpc) is 2.99. The maximum atomic E-state index is 12.9. The Balaban J connectivity index is 1.82. The standard InChI is InChI=1S/C22H21N3O4/c1-14(6-4-5-11-26)22(29)18-12-16(9-10-19(18)24-21(22)28)25-20(27)17-8-3-2-7-15(17)13-23-25/h2-4,6-10,12-14,26,29H,5,11H2,1H3,(H,24,28)/b6-4+/t14-,22+/m0/s1. The van der Waals surface area contributed by atoms with Crippen molar-refractivity contribution in [2.24, 2.45) is 5.92 Å². The lowest BCUT2D eigenvalue weighted by molar-refractivity contribution is -0.137. The zero-order valence-electron chi connectivity index (χ0n) is 15.9. The Morgan fingerprint density at radius 3 is 2.83 bits per heavy atom. The van der Waals surface area contributed by atoms with E-state index in [1.54, 1.807) is 55.6 Å². The van der Waals surface area contributed by atoms with Crippen LogP contribution >= 0.6 is 0 Å². The summed E-state index contributed by atoms with van der Waals surface area (Å²) in [6, 6.07) is 12.1. The molecule has 1 aromatic heterocycles. The molecule has 29 heavy (non-hydrogen) atoms. The number of amides is 1. The lowest BCUT2D eigenvalue weighted by Gasteiger charge is -2.26. The lowest BCUT2D eigenvalue weighted by Crippen LogP contribution is -2.39. The molecule has 0 saturated carbocycles. The third kappa shape index (κ3) is 3.04. The highest BCUT2D eigenvalue weighted by Crippen LogP contribution is 2.42. The molecule has 0 fully saturated rings. The molecule has 0 bridgehead atoms. The van der Waals surface area contributed by atoms with Crippen LogP contribution in [0.3, 0.4) is 0 Å². The quantitative estimate of drug-likeness (QED) is 0.578. The van der Waals surface area contributed by atoms with Crippen LogP contribution in [0.4, 0.5) is 5.69 Å². The van der Waals surface area contributed by atoms with Crippen molar-refractivity contribution in [1.29, 1.82) is 0 Å². The molecule has 148 valence electrons. The minimum atomic E-state index is -1.78. The number of aromatic nitrogens is 2. The first-order valence-electron chi connectivity index (χ1n) is 9.40. The Morgan fingerprint density at radius 2 is 2.03 bits per heavy atom. The van der Waals surface area contributed by atoms with Gasteiger partial charge in [0.15, 0.2) is 5.60 Å². The fraction of sp³-hybridized carbons (Fsp3) is 0.227. The maximum absolute atomic E-state index is 12.9. The van der Waals surface area contributed by atoms with E-state index in [0.717, 1.165) is 5.39 Å². The number of anilines is 1. The summed E-state index contributed by atoms with van der Waals surface area (Å²) in [5.41, 5.74) is -0.709. The van der Waals surface area contributed by atoms with Crippen LogP contribution in [0.5, 0.6) is 0 Å². The van der Waals surface area contributed by atoms with E-state index in [-0.39, 0.29) is 12.2 Å². The van der Waals surface area contributed by atoms with E-state index in [4.69, 9.17) is 5.11 Å². The Labute approximate surface area is 166 Å². The van der Waals surface area contributed by atoms with E-state index >= 15 is 0 Å². The first-order valence-corrected chi connectivity index (χ1v) is 9.40. The van der Waals surface area contributed by atoms with Gasteiger partial charge in [0.25, 0.3) is 11.5 Å². The molecule has 2 atom stereocenters. The van der Waals surface area contributed by atoms with Crippen molar-refractivity contribution in [2.45, 2.75) is 18.9 Å². The first kappa shape index (κ1) is 19.0. The summed E-state index contributed by atoms with van der Waals surface area (Å²) in [4.78, 5) is 25.5. The monoisotopic (exact) mass is 391 g/mol. The minimum Gasteiger partial charge on any atom is -0.396 e. The Hall–Kier alpha value is -3.29. The zero-order valence-corrected chi connectivity index (χ0v) is 15.9. The van der Waals surface area contributed by atoms with Crippen molar-refractivity contribution >= 4 is 22.4 Å². The third-order valence-corrected chi connectivity index (χ3v) is 5.33. The first-order chi connectivity index (χ1) is 14.0. The number of aliphatic hydroxyl groups excluding tert-OH is 1. The minimum absolute atomic E-state index is 0.00880. The molecular formula is C22H21N3O4. The van der Waals surface area contributed by atoms with Gasteiger partial charge in [0.05, 0.1) is 17.3 Å². The van der Waals surface area contributed by atoms with Gasteiger partial charge in [0, 0.05) is 29.2 Å². The molecule has 4 rings (SSSR count). The molecule has 0 unspecified atom stereocenters. The number of aliphatic hydroxyl groups is 2. The van der Waals surface area contributed by atoms with Crippen molar-refractivity contribution in [3.63, 3.8) is 0 Å². The highest BCUT2D eigenvalue weighted by Gasteiger charge is 2.48. The molecule has 1 amide bonds. The third-order valence-electron chi connectivity index (χ3n) is 5.33. The molecule has 0 saturated heterocycles. The largest absolute Gasteiger partial charge is 0.396 e. The molecule has 1 aliphatic heterocycles. The highest BCUT2D eigenvalue weighted by atomic mass is 16.3. The second kappa shape index (κ2) is 7.27. The van der Waals surface area contributed by atoms with Gasteiger partial charge >= 0.3 is 0 Å². The van der Waals surface area contributed by atoms with Crippen LogP contribution < -0.4 is 10.9 Å². The molecule has 2 aromatic carbocycles.